The van der Waals surface area contributed by atoms with Gasteiger partial charge < -0.3 is 20.1 Å². The molecule has 9 nitrogen and oxygen atoms in total. The van der Waals surface area contributed by atoms with Gasteiger partial charge in [0.25, 0.3) is 0 Å². The second-order valence-corrected chi connectivity index (χ2v) is 9.94. The molecular formula is C27H29ClFN5O4. The summed E-state index contributed by atoms with van der Waals surface area (Å²) in [5.74, 6) is -0.496. The number of carbonyl (C=O) groups is 2. The number of ether oxygens (including phenoxy) is 2. The molecule has 2 N–H and O–H groups in total. The van der Waals surface area contributed by atoms with Crippen molar-refractivity contribution in [3.8, 4) is 5.75 Å². The molecule has 1 aromatic heterocycles. The standard InChI is InChI=1S/C27H29ClFN5O4/c1-5-7-24(34-13-25(36)38-27(3,4)14-34)37-22-12-20-17(11-21(22)33-23(35)6-2)26(31-15-30-20)32-16-8-9-19(29)18(28)10-16/h6,8-12,15,24H,2,5,7,13-14H2,1,3-4H3,(H,33,35)(H,30,31,32). The first-order valence-corrected chi connectivity index (χ1v) is 12.5. The smallest absolute Gasteiger partial charge is 0.320 e. The number of nitrogens with zero attached hydrogens (tertiary/aromatic N) is 3. The highest BCUT2D eigenvalue weighted by Gasteiger charge is 2.37. The second kappa shape index (κ2) is 11.3. The molecule has 0 bridgehead atoms. The molecule has 1 unspecified atom stereocenters. The largest absolute Gasteiger partial charge is 0.473 e. The molecule has 38 heavy (non-hydrogen) atoms. The SMILES string of the molecule is C=CC(=O)Nc1cc2c(Nc3ccc(F)c(Cl)c3)ncnc2cc1OC(CCC)N1CC(=O)OC(C)(C)C1. The topological polar surface area (TPSA) is 106 Å². The fourth-order valence-electron chi connectivity index (χ4n) is 4.27. The average Bonchev–Trinajstić information content (AvgIpc) is 2.85. The van der Waals surface area contributed by atoms with Gasteiger partial charge in [-0.05, 0) is 50.6 Å². The highest BCUT2D eigenvalue weighted by molar-refractivity contribution is 6.31. The molecule has 1 aliphatic rings. The van der Waals surface area contributed by atoms with Crippen molar-refractivity contribution in [1.29, 1.82) is 0 Å². The van der Waals surface area contributed by atoms with E-state index in [1.165, 1.54) is 24.5 Å². The number of hydrogen-bond donors (Lipinski definition) is 2. The fourth-order valence-corrected chi connectivity index (χ4v) is 4.45. The normalized spacial score (nSPS) is 16.0. The number of anilines is 3. The third kappa shape index (κ3) is 6.38. The summed E-state index contributed by atoms with van der Waals surface area (Å²) in [6, 6.07) is 7.63. The van der Waals surface area contributed by atoms with E-state index in [0.717, 1.165) is 12.5 Å². The van der Waals surface area contributed by atoms with Gasteiger partial charge in [0, 0.05) is 23.7 Å². The fraction of sp³-hybridized carbons (Fsp3) is 0.333. The molecule has 3 aromatic rings. The molecule has 0 aliphatic carbocycles. The van der Waals surface area contributed by atoms with Crippen LogP contribution < -0.4 is 15.4 Å². The maximum atomic E-state index is 13.6. The van der Waals surface area contributed by atoms with E-state index in [1.807, 2.05) is 25.7 Å². The van der Waals surface area contributed by atoms with Gasteiger partial charge in [0.05, 0.1) is 22.8 Å². The van der Waals surface area contributed by atoms with Crippen LogP contribution in [0.25, 0.3) is 10.9 Å². The number of halogens is 2. The van der Waals surface area contributed by atoms with Crippen molar-refractivity contribution in [1.82, 2.24) is 14.9 Å². The lowest BCUT2D eigenvalue weighted by Crippen LogP contribution is -2.55. The van der Waals surface area contributed by atoms with Gasteiger partial charge in [-0.1, -0.05) is 31.5 Å². The molecular weight excluding hydrogens is 513 g/mol. The van der Waals surface area contributed by atoms with Crippen LogP contribution in [0.2, 0.25) is 5.02 Å². The molecule has 1 saturated heterocycles. The highest BCUT2D eigenvalue weighted by Crippen LogP contribution is 2.35. The molecule has 4 rings (SSSR count). The van der Waals surface area contributed by atoms with Crippen molar-refractivity contribution >= 4 is 51.6 Å². The van der Waals surface area contributed by atoms with Crippen LogP contribution in [0, 0.1) is 5.82 Å². The van der Waals surface area contributed by atoms with Gasteiger partial charge in [0.1, 0.15) is 29.3 Å². The lowest BCUT2D eigenvalue weighted by molar-refractivity contribution is -0.177. The minimum atomic E-state index is -0.662. The maximum Gasteiger partial charge on any atom is 0.320 e. The van der Waals surface area contributed by atoms with Crippen LogP contribution in [0.5, 0.6) is 5.75 Å². The van der Waals surface area contributed by atoms with Crippen LogP contribution in [-0.4, -0.2) is 51.7 Å². The number of esters is 1. The highest BCUT2D eigenvalue weighted by atomic mass is 35.5. The van der Waals surface area contributed by atoms with Crippen molar-refractivity contribution in [2.75, 3.05) is 23.7 Å². The maximum absolute atomic E-state index is 13.6. The molecule has 2 heterocycles. The van der Waals surface area contributed by atoms with E-state index in [1.54, 1.807) is 12.1 Å². The van der Waals surface area contributed by atoms with Crippen molar-refractivity contribution in [3.05, 3.63) is 60.2 Å². The lowest BCUT2D eigenvalue weighted by Gasteiger charge is -2.41. The number of rotatable bonds is 9. The van der Waals surface area contributed by atoms with Gasteiger partial charge in [-0.3, -0.25) is 14.5 Å². The Morgan fingerprint density at radius 1 is 1.34 bits per heavy atom. The summed E-state index contributed by atoms with van der Waals surface area (Å²) in [7, 11) is 0. The van der Waals surface area contributed by atoms with Gasteiger partial charge in [0.2, 0.25) is 5.91 Å². The van der Waals surface area contributed by atoms with Crippen LogP contribution in [0.1, 0.15) is 33.6 Å². The van der Waals surface area contributed by atoms with E-state index in [0.29, 0.717) is 46.8 Å². The number of amides is 1. The van der Waals surface area contributed by atoms with Gasteiger partial charge >= 0.3 is 5.97 Å². The van der Waals surface area contributed by atoms with E-state index < -0.39 is 23.6 Å². The molecule has 11 heteroatoms. The number of morpholine rings is 1. The van der Waals surface area contributed by atoms with Crippen LogP contribution >= 0.6 is 11.6 Å². The van der Waals surface area contributed by atoms with Crippen molar-refractivity contribution in [2.45, 2.75) is 45.4 Å². The first-order valence-electron chi connectivity index (χ1n) is 12.2. The van der Waals surface area contributed by atoms with Crippen LogP contribution in [0.3, 0.4) is 0 Å². The summed E-state index contributed by atoms with van der Waals surface area (Å²) in [4.78, 5) is 35.2. The number of benzene rings is 2. The van der Waals surface area contributed by atoms with Crippen molar-refractivity contribution in [2.24, 2.45) is 0 Å². The predicted molar refractivity (Wildman–Crippen MR) is 144 cm³/mol. The molecule has 2 aromatic carbocycles. The van der Waals surface area contributed by atoms with Crippen molar-refractivity contribution < 1.29 is 23.5 Å². The zero-order chi connectivity index (χ0) is 27.4. The Morgan fingerprint density at radius 3 is 2.82 bits per heavy atom. The molecule has 0 saturated carbocycles. The first-order chi connectivity index (χ1) is 18.1. The molecule has 1 fully saturated rings. The van der Waals surface area contributed by atoms with E-state index in [-0.39, 0.29) is 17.5 Å². The van der Waals surface area contributed by atoms with Crippen molar-refractivity contribution in [3.63, 3.8) is 0 Å². The molecule has 200 valence electrons. The molecule has 0 radical (unpaired) electrons. The van der Waals surface area contributed by atoms with Crippen LogP contribution in [0.4, 0.5) is 21.6 Å². The monoisotopic (exact) mass is 541 g/mol. The summed E-state index contributed by atoms with van der Waals surface area (Å²) in [5.41, 5.74) is 0.773. The summed E-state index contributed by atoms with van der Waals surface area (Å²) in [5, 5.41) is 6.45. The zero-order valence-corrected chi connectivity index (χ0v) is 22.1. The summed E-state index contributed by atoms with van der Waals surface area (Å²) >= 11 is 5.93. The van der Waals surface area contributed by atoms with Gasteiger partial charge in [-0.15, -0.1) is 0 Å². The molecule has 1 aliphatic heterocycles. The Labute approximate surface area is 225 Å². The third-order valence-corrected chi connectivity index (χ3v) is 6.16. The number of fused-ring (bicyclic) bond motifs is 1. The summed E-state index contributed by atoms with van der Waals surface area (Å²) in [6.07, 6.45) is 3.52. The number of aromatic nitrogens is 2. The van der Waals surface area contributed by atoms with Gasteiger partial charge in [-0.25, -0.2) is 14.4 Å². The number of nitrogens with one attached hydrogen (secondary N) is 2. The first kappa shape index (κ1) is 27.3. The molecule has 0 spiro atoms. The number of carbonyl (C=O) groups excluding carboxylic acids is 2. The third-order valence-electron chi connectivity index (χ3n) is 5.87. The van der Waals surface area contributed by atoms with Gasteiger partial charge in [0.15, 0.2) is 6.23 Å². The molecule has 1 amide bonds. The average molecular weight is 542 g/mol. The van der Waals surface area contributed by atoms with E-state index >= 15 is 0 Å². The minimum absolute atomic E-state index is 0.0327. The summed E-state index contributed by atoms with van der Waals surface area (Å²) < 4.78 is 25.5. The van der Waals surface area contributed by atoms with E-state index in [2.05, 4.69) is 27.2 Å². The predicted octanol–water partition coefficient (Wildman–Crippen LogP) is 5.43. The van der Waals surface area contributed by atoms with Crippen LogP contribution in [-0.2, 0) is 14.3 Å². The van der Waals surface area contributed by atoms with Gasteiger partial charge in [-0.2, -0.15) is 0 Å². The molecule has 1 atom stereocenters. The Hall–Kier alpha value is -3.76. The van der Waals surface area contributed by atoms with E-state index in [4.69, 9.17) is 21.1 Å². The quantitative estimate of drug-likeness (QED) is 0.273. The Bertz CT molecular complexity index is 1380. The summed E-state index contributed by atoms with van der Waals surface area (Å²) in [6.45, 7) is 9.84. The second-order valence-electron chi connectivity index (χ2n) is 9.53. The number of cyclic esters (lactones) is 1. The Morgan fingerprint density at radius 2 is 2.13 bits per heavy atom. The minimum Gasteiger partial charge on any atom is -0.473 e. The number of hydrogen-bond acceptors (Lipinski definition) is 8. The Balaban J connectivity index is 1.73. The lowest BCUT2D eigenvalue weighted by atomic mass is 10.1. The Kier molecular flexibility index (Phi) is 8.13. The zero-order valence-electron chi connectivity index (χ0n) is 21.4. The van der Waals surface area contributed by atoms with Crippen LogP contribution in [0.15, 0.2) is 49.3 Å². The van der Waals surface area contributed by atoms with E-state index in [9.17, 15) is 14.0 Å².